The van der Waals surface area contributed by atoms with Crippen LogP contribution in [0.3, 0.4) is 0 Å². The maximum absolute atomic E-state index is 12.6. The Balaban J connectivity index is 1.51. The zero-order valence-corrected chi connectivity index (χ0v) is 13.6. The van der Waals surface area contributed by atoms with Crippen molar-refractivity contribution in [3.63, 3.8) is 0 Å². The molecular weight excluding hydrogens is 317 g/mol. The van der Waals surface area contributed by atoms with Crippen molar-refractivity contribution in [2.24, 2.45) is 0 Å². The van der Waals surface area contributed by atoms with Gasteiger partial charge in [-0.3, -0.25) is 9.69 Å². The van der Waals surface area contributed by atoms with E-state index >= 15 is 0 Å². The number of hydrogen-bond donors (Lipinski definition) is 1. The van der Waals surface area contributed by atoms with Crippen LogP contribution in [-0.4, -0.2) is 35.9 Å². The second kappa shape index (κ2) is 7.13. The number of alkyl halides is 3. The summed E-state index contributed by atoms with van der Waals surface area (Å²) in [4.78, 5) is 14.3. The van der Waals surface area contributed by atoms with Crippen molar-refractivity contribution < 1.29 is 18.0 Å². The Labute approximate surface area is 140 Å². The lowest BCUT2D eigenvalue weighted by molar-refractivity contribution is -0.137. The first-order valence-corrected chi connectivity index (χ1v) is 8.64. The van der Waals surface area contributed by atoms with Crippen LogP contribution in [-0.2, 0) is 11.0 Å². The fraction of sp³-hybridized carbons (Fsp3) is 0.611. The molecule has 1 N–H and O–H groups in total. The van der Waals surface area contributed by atoms with Crippen molar-refractivity contribution in [1.29, 1.82) is 0 Å². The highest BCUT2D eigenvalue weighted by Crippen LogP contribution is 2.30. The number of nitrogens with one attached hydrogen (secondary N) is 1. The molecule has 0 spiro atoms. The number of likely N-dealkylation sites (tertiary alicyclic amines) is 1. The molecule has 1 aliphatic heterocycles. The van der Waals surface area contributed by atoms with E-state index in [1.807, 2.05) is 0 Å². The lowest BCUT2D eigenvalue weighted by Crippen LogP contribution is -2.48. The molecule has 3 rings (SSSR count). The summed E-state index contributed by atoms with van der Waals surface area (Å²) in [7, 11) is 0. The lowest BCUT2D eigenvalue weighted by Gasteiger charge is -2.38. The van der Waals surface area contributed by atoms with Crippen molar-refractivity contribution in [3.05, 3.63) is 29.8 Å². The van der Waals surface area contributed by atoms with E-state index in [-0.39, 0.29) is 12.1 Å². The molecule has 0 bridgehead atoms. The molecule has 1 heterocycles. The molecule has 24 heavy (non-hydrogen) atoms. The standard InChI is InChI=1S/C18H23F3N2O/c19-18(20,21)13-5-7-14(8-6-13)22-15-9-11-23(12-10-15)16-3-1-2-4-17(16)24/h5-8,15-16,22H,1-4,9-12H2. The first-order valence-electron chi connectivity index (χ1n) is 8.64. The summed E-state index contributed by atoms with van der Waals surface area (Å²) in [5.74, 6) is 0.371. The number of Topliss-reactive ketones (excluding diaryl/α,β-unsaturated/α-hetero) is 1. The Morgan fingerprint density at radius 2 is 1.67 bits per heavy atom. The number of carbonyl (C=O) groups excluding carboxylic acids is 1. The number of rotatable bonds is 3. The molecule has 1 aromatic carbocycles. The minimum Gasteiger partial charge on any atom is -0.382 e. The molecule has 1 saturated heterocycles. The van der Waals surface area contributed by atoms with E-state index in [2.05, 4.69) is 10.2 Å². The highest BCUT2D eigenvalue weighted by molar-refractivity contribution is 5.84. The molecule has 1 atom stereocenters. The number of carbonyl (C=O) groups is 1. The van der Waals surface area contributed by atoms with Crippen LogP contribution in [0.25, 0.3) is 0 Å². The van der Waals surface area contributed by atoms with E-state index in [0.29, 0.717) is 12.2 Å². The monoisotopic (exact) mass is 340 g/mol. The summed E-state index contributed by atoms with van der Waals surface area (Å²) in [6.07, 6.45) is 1.33. The third-order valence-electron chi connectivity index (χ3n) is 5.08. The van der Waals surface area contributed by atoms with E-state index < -0.39 is 11.7 Å². The molecule has 0 amide bonds. The van der Waals surface area contributed by atoms with Crippen LogP contribution < -0.4 is 5.32 Å². The first-order chi connectivity index (χ1) is 11.4. The Hall–Kier alpha value is -1.56. The average molecular weight is 340 g/mol. The third-order valence-corrected chi connectivity index (χ3v) is 5.08. The molecule has 132 valence electrons. The van der Waals surface area contributed by atoms with Gasteiger partial charge in [0.1, 0.15) is 5.78 Å². The normalized spacial score (nSPS) is 24.1. The third kappa shape index (κ3) is 4.09. The predicted molar refractivity (Wildman–Crippen MR) is 86.9 cm³/mol. The molecule has 0 radical (unpaired) electrons. The average Bonchev–Trinajstić information content (AvgIpc) is 2.56. The molecule has 1 saturated carbocycles. The van der Waals surface area contributed by atoms with Gasteiger partial charge >= 0.3 is 6.18 Å². The van der Waals surface area contributed by atoms with E-state index in [1.165, 1.54) is 12.1 Å². The molecule has 3 nitrogen and oxygen atoms in total. The highest BCUT2D eigenvalue weighted by atomic mass is 19.4. The molecule has 1 unspecified atom stereocenters. The predicted octanol–water partition coefficient (Wildman–Crippen LogP) is 4.09. The van der Waals surface area contributed by atoms with Crippen LogP contribution in [0, 0.1) is 0 Å². The Morgan fingerprint density at radius 1 is 1.00 bits per heavy atom. The van der Waals surface area contributed by atoms with E-state index in [9.17, 15) is 18.0 Å². The molecule has 0 aromatic heterocycles. The lowest BCUT2D eigenvalue weighted by atomic mass is 9.91. The van der Waals surface area contributed by atoms with Gasteiger partial charge < -0.3 is 5.32 Å². The molecule has 6 heteroatoms. The number of benzene rings is 1. The smallest absolute Gasteiger partial charge is 0.382 e. The Bertz CT molecular complexity index is 563. The summed E-state index contributed by atoms with van der Waals surface area (Å²) in [5, 5.41) is 3.32. The van der Waals surface area contributed by atoms with Crippen LogP contribution in [0.1, 0.15) is 44.1 Å². The second-order valence-electron chi connectivity index (χ2n) is 6.76. The number of halogens is 3. The van der Waals surface area contributed by atoms with Crippen molar-refractivity contribution in [2.75, 3.05) is 18.4 Å². The molecular formula is C18H23F3N2O. The van der Waals surface area contributed by atoms with Gasteiger partial charge in [0.15, 0.2) is 0 Å². The zero-order valence-electron chi connectivity index (χ0n) is 13.6. The van der Waals surface area contributed by atoms with E-state index in [4.69, 9.17) is 0 Å². The number of hydrogen-bond acceptors (Lipinski definition) is 3. The summed E-state index contributed by atoms with van der Waals surface area (Å²) in [6, 6.07) is 5.53. The Kier molecular flexibility index (Phi) is 5.13. The summed E-state index contributed by atoms with van der Waals surface area (Å²) in [5.41, 5.74) is 0.0915. The maximum atomic E-state index is 12.6. The van der Waals surface area contributed by atoms with Gasteiger partial charge in [-0.05, 0) is 49.9 Å². The van der Waals surface area contributed by atoms with Gasteiger partial charge in [-0.2, -0.15) is 13.2 Å². The SMILES string of the molecule is O=C1CCCCC1N1CCC(Nc2ccc(C(F)(F)F)cc2)CC1. The van der Waals surface area contributed by atoms with Crippen LogP contribution >= 0.6 is 0 Å². The Morgan fingerprint density at radius 3 is 2.25 bits per heavy atom. The topological polar surface area (TPSA) is 32.3 Å². The van der Waals surface area contributed by atoms with Crippen LogP contribution in [0.4, 0.5) is 18.9 Å². The molecule has 2 fully saturated rings. The maximum Gasteiger partial charge on any atom is 0.416 e. The minimum atomic E-state index is -4.30. The highest BCUT2D eigenvalue weighted by Gasteiger charge is 2.32. The van der Waals surface area contributed by atoms with E-state index in [0.717, 1.165) is 63.0 Å². The fourth-order valence-electron chi connectivity index (χ4n) is 3.70. The quantitative estimate of drug-likeness (QED) is 0.899. The number of nitrogens with zero attached hydrogens (tertiary/aromatic N) is 1. The van der Waals surface area contributed by atoms with Crippen molar-refractivity contribution in [2.45, 2.75) is 56.8 Å². The van der Waals surface area contributed by atoms with Crippen LogP contribution in [0.15, 0.2) is 24.3 Å². The zero-order chi connectivity index (χ0) is 17.2. The number of piperidine rings is 1. The van der Waals surface area contributed by atoms with Gasteiger partial charge in [0.05, 0.1) is 11.6 Å². The summed E-state index contributed by atoms with van der Waals surface area (Å²) in [6.45, 7) is 1.74. The first kappa shape index (κ1) is 17.3. The van der Waals surface area contributed by atoms with E-state index in [1.54, 1.807) is 0 Å². The van der Waals surface area contributed by atoms with Crippen LogP contribution in [0.5, 0.6) is 0 Å². The van der Waals surface area contributed by atoms with Crippen molar-refractivity contribution >= 4 is 11.5 Å². The largest absolute Gasteiger partial charge is 0.416 e. The van der Waals surface area contributed by atoms with Gasteiger partial charge in [-0.15, -0.1) is 0 Å². The minimum absolute atomic E-state index is 0.0887. The van der Waals surface area contributed by atoms with Gasteiger partial charge in [0, 0.05) is 31.2 Å². The summed E-state index contributed by atoms with van der Waals surface area (Å²) < 4.78 is 37.7. The van der Waals surface area contributed by atoms with Gasteiger partial charge in [-0.1, -0.05) is 6.42 Å². The summed E-state index contributed by atoms with van der Waals surface area (Å²) >= 11 is 0. The van der Waals surface area contributed by atoms with Crippen molar-refractivity contribution in [1.82, 2.24) is 4.90 Å². The van der Waals surface area contributed by atoms with Crippen LogP contribution in [0.2, 0.25) is 0 Å². The number of ketones is 1. The molecule has 1 aliphatic carbocycles. The number of anilines is 1. The van der Waals surface area contributed by atoms with Gasteiger partial charge in [0.25, 0.3) is 0 Å². The molecule has 1 aromatic rings. The van der Waals surface area contributed by atoms with Crippen molar-refractivity contribution in [3.8, 4) is 0 Å². The second-order valence-corrected chi connectivity index (χ2v) is 6.76. The fourth-order valence-corrected chi connectivity index (χ4v) is 3.70. The van der Waals surface area contributed by atoms with Gasteiger partial charge in [-0.25, -0.2) is 0 Å². The molecule has 2 aliphatic rings. The van der Waals surface area contributed by atoms with Gasteiger partial charge in [0.2, 0.25) is 0 Å².